The Hall–Kier alpha value is -2.68. The van der Waals surface area contributed by atoms with Gasteiger partial charge in [-0.3, -0.25) is 4.79 Å². The van der Waals surface area contributed by atoms with E-state index in [0.29, 0.717) is 29.0 Å². The molecule has 0 saturated carbocycles. The minimum Gasteiger partial charge on any atom is -0.388 e. The molecule has 0 amide bonds. The number of ketones is 1. The third-order valence-electron chi connectivity index (χ3n) is 4.89. The highest BCUT2D eigenvalue weighted by Crippen LogP contribution is 2.36. The number of ether oxygens (including phenoxy) is 1. The van der Waals surface area contributed by atoms with Crippen LogP contribution in [-0.2, 0) is 11.2 Å². The van der Waals surface area contributed by atoms with Crippen molar-refractivity contribution >= 4 is 11.4 Å². The van der Waals surface area contributed by atoms with Crippen molar-refractivity contribution in [3.63, 3.8) is 0 Å². The Bertz CT molecular complexity index is 959. The van der Waals surface area contributed by atoms with Crippen molar-refractivity contribution in [2.75, 3.05) is 0 Å². The monoisotopic (exact) mass is 368 g/mol. The Balaban J connectivity index is 1.65. The van der Waals surface area contributed by atoms with Gasteiger partial charge in [-0.1, -0.05) is 37.3 Å². The van der Waals surface area contributed by atoms with Gasteiger partial charge in [-0.15, -0.1) is 0 Å². The quantitative estimate of drug-likeness (QED) is 0.650. The molecule has 3 aromatic rings. The highest BCUT2D eigenvalue weighted by Gasteiger charge is 2.43. The summed E-state index contributed by atoms with van der Waals surface area (Å²) >= 11 is 0. The predicted molar refractivity (Wildman–Crippen MR) is 95.2 cm³/mol. The fourth-order valence-corrected chi connectivity index (χ4v) is 3.41. The largest absolute Gasteiger partial charge is 0.388 e. The lowest BCUT2D eigenvalue weighted by Crippen LogP contribution is -2.29. The number of Topliss-reactive ketones (excluding diaryl/α,β-unsaturated/α-hetero) is 1. The Labute approximate surface area is 155 Å². The van der Waals surface area contributed by atoms with E-state index in [1.54, 1.807) is 18.3 Å². The van der Waals surface area contributed by atoms with Crippen LogP contribution in [0.2, 0.25) is 0 Å². The number of carbonyl (C=O) groups excluding carboxylic acids is 1. The van der Waals surface area contributed by atoms with E-state index < -0.39 is 24.4 Å². The van der Waals surface area contributed by atoms with Crippen LogP contribution >= 0.6 is 0 Å². The smallest absolute Gasteiger partial charge is 0.170 e. The van der Waals surface area contributed by atoms with Crippen molar-refractivity contribution in [3.05, 3.63) is 59.8 Å². The van der Waals surface area contributed by atoms with E-state index in [9.17, 15) is 15.0 Å². The number of fused-ring (bicyclic) bond motifs is 1. The first kappa shape index (κ1) is 17.7. The maximum Gasteiger partial charge on any atom is 0.170 e. The number of aliphatic hydroxyl groups excluding tert-OH is 2. The molecule has 140 valence electrons. The van der Waals surface area contributed by atoms with E-state index in [4.69, 9.17) is 4.74 Å². The van der Waals surface area contributed by atoms with Crippen LogP contribution in [0.4, 0.5) is 0 Å². The van der Waals surface area contributed by atoms with E-state index in [1.807, 2.05) is 25.1 Å². The minimum atomic E-state index is -1.06. The first-order valence-corrected chi connectivity index (χ1v) is 8.87. The van der Waals surface area contributed by atoms with Crippen LogP contribution in [0.25, 0.3) is 5.65 Å². The van der Waals surface area contributed by atoms with E-state index in [1.165, 1.54) is 10.8 Å². The molecule has 4 atom stereocenters. The number of hydrogen-bond acceptors (Lipinski definition) is 7. The summed E-state index contributed by atoms with van der Waals surface area (Å²) in [6.07, 6.45) is 0.361. The summed E-state index contributed by atoms with van der Waals surface area (Å²) in [5, 5.41) is 24.7. The molecule has 2 aromatic heterocycles. The van der Waals surface area contributed by atoms with Gasteiger partial charge in [0.1, 0.15) is 30.5 Å². The average molecular weight is 368 g/mol. The summed E-state index contributed by atoms with van der Waals surface area (Å²) in [6, 6.07) is 8.98. The second kappa shape index (κ2) is 7.15. The normalized spacial score (nSPS) is 25.1. The van der Waals surface area contributed by atoms with Crippen LogP contribution in [0.15, 0.2) is 42.9 Å². The van der Waals surface area contributed by atoms with Crippen LogP contribution < -0.4 is 0 Å². The van der Waals surface area contributed by atoms with E-state index in [-0.39, 0.29) is 12.2 Å². The zero-order valence-corrected chi connectivity index (χ0v) is 14.8. The molecule has 1 aliphatic rings. The summed E-state index contributed by atoms with van der Waals surface area (Å²) in [5.74, 6) is 0.367. The molecule has 1 saturated heterocycles. The number of carbonyl (C=O) groups is 1. The molecule has 3 heterocycles. The maximum absolute atomic E-state index is 12.5. The van der Waals surface area contributed by atoms with Crippen LogP contribution in [0.5, 0.6) is 0 Å². The first-order chi connectivity index (χ1) is 13.1. The lowest BCUT2D eigenvalue weighted by molar-refractivity contribution is 0.00614. The molecule has 27 heavy (non-hydrogen) atoms. The molecule has 0 spiro atoms. The second-order valence-corrected chi connectivity index (χ2v) is 6.58. The van der Waals surface area contributed by atoms with Crippen molar-refractivity contribution in [3.8, 4) is 0 Å². The molecule has 1 fully saturated rings. The molecule has 1 aliphatic heterocycles. The topological polar surface area (TPSA) is 110 Å². The summed E-state index contributed by atoms with van der Waals surface area (Å²) in [4.78, 5) is 20.9. The lowest BCUT2D eigenvalue weighted by Gasteiger charge is -2.13. The molecule has 0 radical (unpaired) electrons. The third kappa shape index (κ3) is 3.12. The SMILES string of the molecule is CC[C@H]1O[C@@H](c2cnn3c(CC(=O)c4ccccc4)ncnc23)[C@H](O)[C@@H]1O. The zero-order chi connectivity index (χ0) is 19.0. The predicted octanol–water partition coefficient (Wildman–Crippen LogP) is 1.12. The van der Waals surface area contributed by atoms with Gasteiger partial charge in [0.15, 0.2) is 11.4 Å². The van der Waals surface area contributed by atoms with Gasteiger partial charge in [0.05, 0.1) is 18.7 Å². The van der Waals surface area contributed by atoms with Gasteiger partial charge >= 0.3 is 0 Å². The summed E-state index contributed by atoms with van der Waals surface area (Å²) in [7, 11) is 0. The number of hydrogen-bond donors (Lipinski definition) is 2. The van der Waals surface area contributed by atoms with Gasteiger partial charge in [-0.05, 0) is 6.42 Å². The van der Waals surface area contributed by atoms with Crippen LogP contribution in [0.1, 0.15) is 41.2 Å². The molecule has 0 unspecified atom stereocenters. The molecule has 0 aliphatic carbocycles. The first-order valence-electron chi connectivity index (χ1n) is 8.87. The highest BCUT2D eigenvalue weighted by atomic mass is 16.5. The molecular formula is C19H20N4O4. The second-order valence-electron chi connectivity index (χ2n) is 6.58. The van der Waals surface area contributed by atoms with Crippen LogP contribution in [0.3, 0.4) is 0 Å². The Morgan fingerprint density at radius 2 is 1.96 bits per heavy atom. The van der Waals surface area contributed by atoms with Crippen LogP contribution in [0, 0.1) is 0 Å². The Morgan fingerprint density at radius 1 is 1.19 bits per heavy atom. The van der Waals surface area contributed by atoms with Crippen molar-refractivity contribution in [1.82, 2.24) is 19.6 Å². The van der Waals surface area contributed by atoms with Crippen molar-refractivity contribution in [2.45, 2.75) is 44.2 Å². The maximum atomic E-state index is 12.5. The van der Waals surface area contributed by atoms with Crippen LogP contribution in [-0.4, -0.2) is 53.9 Å². The van der Waals surface area contributed by atoms with Gasteiger partial charge in [0, 0.05) is 11.1 Å². The average Bonchev–Trinajstić information content (AvgIpc) is 3.25. The molecule has 8 heteroatoms. The Kier molecular flexibility index (Phi) is 4.69. The number of aromatic nitrogens is 4. The summed E-state index contributed by atoms with van der Waals surface area (Å²) in [6.45, 7) is 1.88. The van der Waals surface area contributed by atoms with Crippen molar-refractivity contribution < 1.29 is 19.7 Å². The molecule has 0 bridgehead atoms. The standard InChI is InChI=1S/C19H20N4O4/c1-2-14-16(25)17(26)18(27-14)12-9-22-23-15(20-10-21-19(12)23)8-13(24)11-6-4-3-5-7-11/h3-7,9-10,14,16-18,25-26H,2,8H2,1H3/t14-,16-,17-,18+/m1/s1. The third-order valence-corrected chi connectivity index (χ3v) is 4.89. The molecule has 2 N–H and O–H groups in total. The Morgan fingerprint density at radius 3 is 2.67 bits per heavy atom. The van der Waals surface area contributed by atoms with Gasteiger partial charge in [0.25, 0.3) is 0 Å². The molecule has 8 nitrogen and oxygen atoms in total. The number of aliphatic hydroxyl groups is 2. The van der Waals surface area contributed by atoms with Gasteiger partial charge in [-0.25, -0.2) is 14.5 Å². The van der Waals surface area contributed by atoms with E-state index in [0.717, 1.165) is 0 Å². The number of benzene rings is 1. The zero-order valence-electron chi connectivity index (χ0n) is 14.8. The fraction of sp³-hybridized carbons (Fsp3) is 0.368. The molecule has 4 rings (SSSR count). The number of nitrogens with zero attached hydrogens (tertiary/aromatic N) is 4. The fourth-order valence-electron chi connectivity index (χ4n) is 3.41. The van der Waals surface area contributed by atoms with Gasteiger partial charge in [0.2, 0.25) is 0 Å². The molecular weight excluding hydrogens is 348 g/mol. The minimum absolute atomic E-state index is 0.0679. The van der Waals surface area contributed by atoms with Crippen molar-refractivity contribution in [1.29, 1.82) is 0 Å². The number of rotatable bonds is 5. The lowest BCUT2D eigenvalue weighted by atomic mass is 10.0. The van der Waals surface area contributed by atoms with E-state index in [2.05, 4.69) is 15.1 Å². The van der Waals surface area contributed by atoms with Gasteiger partial charge < -0.3 is 14.9 Å². The van der Waals surface area contributed by atoms with Gasteiger partial charge in [-0.2, -0.15) is 5.10 Å². The highest BCUT2D eigenvalue weighted by molar-refractivity contribution is 5.97. The van der Waals surface area contributed by atoms with E-state index >= 15 is 0 Å². The summed E-state index contributed by atoms with van der Waals surface area (Å²) in [5.41, 5.74) is 1.61. The van der Waals surface area contributed by atoms with Crippen molar-refractivity contribution in [2.24, 2.45) is 0 Å². The molecule has 1 aromatic carbocycles. The summed E-state index contributed by atoms with van der Waals surface area (Å²) < 4.78 is 7.28.